The number of piperidine rings is 1. The molecule has 3 aromatic rings. The van der Waals surface area contributed by atoms with E-state index in [4.69, 9.17) is 4.74 Å². The second kappa shape index (κ2) is 14.0. The zero-order chi connectivity index (χ0) is 32.3. The van der Waals surface area contributed by atoms with Gasteiger partial charge in [0.25, 0.3) is 0 Å². The van der Waals surface area contributed by atoms with Crippen LogP contribution >= 0.6 is 0 Å². The number of nitrogens with zero attached hydrogens (tertiary/aromatic N) is 5. The molecule has 0 aliphatic carbocycles. The number of hydrogen-bond donors (Lipinski definition) is 1. The first-order valence-corrected chi connectivity index (χ1v) is 17.0. The Balaban J connectivity index is 1.34. The molecule has 2 unspecified atom stereocenters. The third-order valence-corrected chi connectivity index (χ3v) is 9.78. The summed E-state index contributed by atoms with van der Waals surface area (Å²) >= 11 is 0. The van der Waals surface area contributed by atoms with Crippen molar-refractivity contribution in [2.45, 2.75) is 129 Å². The molecular weight excluding hydrogens is 560 g/mol. The maximum absolute atomic E-state index is 12.4. The second-order valence-electron chi connectivity index (χ2n) is 14.3. The van der Waals surface area contributed by atoms with Gasteiger partial charge in [0, 0.05) is 48.4 Å². The van der Waals surface area contributed by atoms with E-state index in [0.29, 0.717) is 24.0 Å². The molecular formula is C37H54N6O2. The number of amides is 1. The van der Waals surface area contributed by atoms with Crippen LogP contribution in [0.1, 0.15) is 127 Å². The Morgan fingerprint density at radius 1 is 0.956 bits per heavy atom. The molecule has 0 radical (unpaired) electrons. The van der Waals surface area contributed by atoms with Gasteiger partial charge < -0.3 is 9.30 Å². The minimum absolute atomic E-state index is 0.241. The van der Waals surface area contributed by atoms with E-state index in [-0.39, 0.29) is 12.1 Å². The number of ether oxygens (including phenoxy) is 1. The summed E-state index contributed by atoms with van der Waals surface area (Å²) in [7, 11) is 0. The average Bonchev–Trinajstić information content (AvgIpc) is 3.49. The van der Waals surface area contributed by atoms with E-state index < -0.39 is 11.7 Å². The van der Waals surface area contributed by atoms with Crippen LogP contribution in [0.25, 0.3) is 0 Å². The fourth-order valence-electron chi connectivity index (χ4n) is 7.74. The molecule has 8 heteroatoms. The topological polar surface area (TPSA) is 75.5 Å². The summed E-state index contributed by atoms with van der Waals surface area (Å²) in [5, 5.41) is 11.9. The van der Waals surface area contributed by atoms with Gasteiger partial charge in [-0.2, -0.15) is 0 Å². The summed E-state index contributed by atoms with van der Waals surface area (Å²) in [6.07, 6.45) is 5.50. The summed E-state index contributed by atoms with van der Waals surface area (Å²) in [5.74, 6) is 2.55. The molecule has 3 heterocycles. The van der Waals surface area contributed by atoms with E-state index in [1.54, 1.807) is 0 Å². The summed E-state index contributed by atoms with van der Waals surface area (Å²) in [4.78, 5) is 17.9. The van der Waals surface area contributed by atoms with Gasteiger partial charge in [0.05, 0.1) is 0 Å². The zero-order valence-corrected chi connectivity index (χ0v) is 28.7. The van der Waals surface area contributed by atoms with Gasteiger partial charge in [-0.3, -0.25) is 15.1 Å². The van der Waals surface area contributed by atoms with Crippen LogP contribution in [0.3, 0.4) is 0 Å². The van der Waals surface area contributed by atoms with Crippen molar-refractivity contribution in [1.82, 2.24) is 24.6 Å². The van der Waals surface area contributed by atoms with Crippen molar-refractivity contribution in [3.05, 3.63) is 77.4 Å². The lowest BCUT2D eigenvalue weighted by Crippen LogP contribution is -2.45. The lowest BCUT2D eigenvalue weighted by Gasteiger charge is -2.42. The molecule has 8 nitrogen and oxygen atoms in total. The van der Waals surface area contributed by atoms with E-state index in [9.17, 15) is 4.79 Å². The van der Waals surface area contributed by atoms with E-state index in [0.717, 1.165) is 36.8 Å². The highest BCUT2D eigenvalue weighted by molar-refractivity contribution is 5.84. The van der Waals surface area contributed by atoms with Crippen LogP contribution in [-0.4, -0.2) is 61.4 Å². The highest BCUT2D eigenvalue weighted by atomic mass is 16.6. The first-order valence-electron chi connectivity index (χ1n) is 17.0. The Hall–Kier alpha value is -3.23. The van der Waals surface area contributed by atoms with Crippen LogP contribution in [-0.2, 0) is 4.74 Å². The molecule has 2 fully saturated rings. The van der Waals surface area contributed by atoms with Crippen LogP contribution in [0.4, 0.5) is 10.5 Å². The smallest absolute Gasteiger partial charge is 0.412 e. The molecule has 2 aliphatic rings. The van der Waals surface area contributed by atoms with Crippen molar-refractivity contribution < 1.29 is 9.53 Å². The summed E-state index contributed by atoms with van der Waals surface area (Å²) < 4.78 is 7.92. The normalized spacial score (nSPS) is 21.7. The first-order chi connectivity index (χ1) is 21.4. The maximum Gasteiger partial charge on any atom is 0.412 e. The minimum Gasteiger partial charge on any atom is -0.444 e. The number of anilines is 1. The maximum atomic E-state index is 12.4. The molecule has 4 atom stereocenters. The number of benzene rings is 2. The number of fused-ring (bicyclic) bond motifs is 2. The van der Waals surface area contributed by atoms with Crippen LogP contribution in [0, 0.1) is 6.92 Å². The molecule has 2 bridgehead atoms. The van der Waals surface area contributed by atoms with Crippen molar-refractivity contribution >= 4 is 11.8 Å². The Morgan fingerprint density at radius 2 is 1.60 bits per heavy atom. The molecule has 1 aromatic heterocycles. The largest absolute Gasteiger partial charge is 0.444 e. The quantitative estimate of drug-likeness (QED) is 0.234. The summed E-state index contributed by atoms with van der Waals surface area (Å²) in [6.45, 7) is 18.8. The van der Waals surface area contributed by atoms with Crippen LogP contribution in [0.5, 0.6) is 0 Å². The van der Waals surface area contributed by atoms with Gasteiger partial charge in [-0.15, -0.1) is 10.2 Å². The van der Waals surface area contributed by atoms with Gasteiger partial charge in [0.2, 0.25) is 0 Å². The van der Waals surface area contributed by atoms with Crippen LogP contribution < -0.4 is 5.32 Å². The number of nitrogens with one attached hydrogen (secondary N) is 1. The third kappa shape index (κ3) is 7.78. The van der Waals surface area contributed by atoms with Crippen LogP contribution in [0.2, 0.25) is 0 Å². The number of aromatic nitrogens is 3. The van der Waals surface area contributed by atoms with Gasteiger partial charge >= 0.3 is 6.09 Å². The third-order valence-electron chi connectivity index (χ3n) is 9.78. The van der Waals surface area contributed by atoms with Gasteiger partial charge in [-0.1, -0.05) is 63.2 Å². The lowest BCUT2D eigenvalue weighted by atomic mass is 9.93. The number of hydrogen-bond acceptors (Lipinski definition) is 6. The first kappa shape index (κ1) is 33.1. The number of aryl methyl sites for hydroxylation is 1. The fourth-order valence-corrected chi connectivity index (χ4v) is 7.74. The Bertz CT molecular complexity index is 1380. The number of carbonyl (C=O) groups excluding carboxylic acids is 1. The molecule has 2 saturated heterocycles. The van der Waals surface area contributed by atoms with Gasteiger partial charge in [-0.25, -0.2) is 4.79 Å². The van der Waals surface area contributed by atoms with E-state index in [2.05, 4.69) is 107 Å². The van der Waals surface area contributed by atoms with Crippen LogP contribution in [0.15, 0.2) is 54.6 Å². The Labute approximate surface area is 270 Å². The molecule has 0 saturated carbocycles. The Kier molecular flexibility index (Phi) is 10.3. The summed E-state index contributed by atoms with van der Waals surface area (Å²) in [5.41, 5.74) is 2.82. The average molecular weight is 615 g/mol. The lowest BCUT2D eigenvalue weighted by molar-refractivity contribution is 0.0636. The molecule has 1 N–H and O–H groups in total. The molecule has 0 spiro atoms. The van der Waals surface area contributed by atoms with Crippen molar-refractivity contribution in [2.24, 2.45) is 0 Å². The monoisotopic (exact) mass is 614 g/mol. The van der Waals surface area contributed by atoms with Gasteiger partial charge in [0.1, 0.15) is 17.2 Å². The number of rotatable bonds is 11. The predicted octanol–water partition coefficient (Wildman–Crippen LogP) is 8.44. The Morgan fingerprint density at radius 3 is 2.18 bits per heavy atom. The van der Waals surface area contributed by atoms with Crippen molar-refractivity contribution in [1.29, 1.82) is 0 Å². The van der Waals surface area contributed by atoms with E-state index >= 15 is 0 Å². The van der Waals surface area contributed by atoms with Crippen molar-refractivity contribution in [2.75, 3.05) is 18.4 Å². The van der Waals surface area contributed by atoms with E-state index in [1.807, 2.05) is 32.9 Å². The molecule has 2 aromatic carbocycles. The van der Waals surface area contributed by atoms with E-state index in [1.165, 1.54) is 36.8 Å². The van der Waals surface area contributed by atoms with Crippen molar-refractivity contribution in [3.63, 3.8) is 0 Å². The standard InChI is InChI=1S/C37H54N6O2/c1-9-41(26(4)28-13-11-10-12-14-28)34(29-15-17-30(18-16-29)38-36(44)45-37(6,7)8)21-22-42-31-19-20-32(42)24-33(23-31)43-27(5)39-40-35(43)25(2)3/h10-18,25-26,31-34H,9,19-24H2,1-8H3,(H,38,44)/t26-,31?,32?,33?,34+/m1/s1. The predicted molar refractivity (Wildman–Crippen MR) is 182 cm³/mol. The number of carbonyl (C=O) groups is 1. The summed E-state index contributed by atoms with van der Waals surface area (Å²) in [6, 6.07) is 21.4. The van der Waals surface area contributed by atoms with Gasteiger partial charge in [0.15, 0.2) is 0 Å². The SMILES string of the molecule is CCN([C@H](C)c1ccccc1)[C@@H](CCN1C2CCC1CC(n1c(C)nnc1C(C)C)C2)c1ccc(NC(=O)OC(C)(C)C)cc1. The molecule has 2 aliphatic heterocycles. The fraction of sp³-hybridized carbons (Fsp3) is 0.595. The molecule has 45 heavy (non-hydrogen) atoms. The minimum atomic E-state index is -0.538. The highest BCUT2D eigenvalue weighted by Gasteiger charge is 2.42. The molecule has 1 amide bonds. The molecule has 244 valence electrons. The molecule has 5 rings (SSSR count). The highest BCUT2D eigenvalue weighted by Crippen LogP contribution is 2.43. The zero-order valence-electron chi connectivity index (χ0n) is 28.7. The second-order valence-corrected chi connectivity index (χ2v) is 14.3. The van der Waals surface area contributed by atoms with Crippen molar-refractivity contribution in [3.8, 4) is 0 Å². The van der Waals surface area contributed by atoms with Gasteiger partial charge in [-0.05, 0) is 96.5 Å².